The molecule has 1 fully saturated rings. The number of rotatable bonds is 3. The average Bonchev–Trinajstić information content (AvgIpc) is 2.93. The molecule has 0 aliphatic carbocycles. The smallest absolute Gasteiger partial charge is 0.355 e. The van der Waals surface area contributed by atoms with Crippen molar-refractivity contribution in [3.63, 3.8) is 0 Å². The van der Waals surface area contributed by atoms with Crippen LogP contribution in [0, 0.1) is 0 Å². The van der Waals surface area contributed by atoms with E-state index in [9.17, 15) is 18.0 Å². The zero-order valence-electron chi connectivity index (χ0n) is 14.9. The monoisotopic (exact) mass is 431 g/mol. The zero-order chi connectivity index (χ0) is 20.3. The Balaban J connectivity index is 1.70. The van der Waals surface area contributed by atoms with Gasteiger partial charge in [0.25, 0.3) is 5.91 Å². The molecule has 1 amide bonds. The van der Waals surface area contributed by atoms with Crippen molar-refractivity contribution in [3.05, 3.63) is 40.8 Å². The quantitative estimate of drug-likeness (QED) is 0.546. The Kier molecular flexibility index (Phi) is 6.29. The van der Waals surface area contributed by atoms with Crippen molar-refractivity contribution in [3.8, 4) is 0 Å². The first-order chi connectivity index (χ1) is 13.3. The topological polar surface area (TPSA) is 62.2 Å². The summed E-state index contributed by atoms with van der Waals surface area (Å²) in [5.41, 5.74) is -0.631. The second kappa shape index (κ2) is 8.52. The minimum atomic E-state index is -4.42. The third-order valence-corrected chi connectivity index (χ3v) is 5.13. The molecular weight excluding hydrogens is 415 g/mol. The maximum absolute atomic E-state index is 12.8. The molecule has 0 aromatic carbocycles. The Labute approximate surface area is 169 Å². The Morgan fingerprint density at radius 1 is 1.14 bits per heavy atom. The Bertz CT molecular complexity index is 850. The van der Waals surface area contributed by atoms with Crippen LogP contribution in [0.2, 0.25) is 5.02 Å². The molecule has 11 heteroatoms. The second-order valence-corrected chi connectivity index (χ2v) is 7.27. The van der Waals surface area contributed by atoms with Crippen molar-refractivity contribution in [2.75, 3.05) is 37.3 Å². The minimum absolute atomic E-state index is 0.155. The third-order valence-electron chi connectivity index (χ3n) is 4.29. The van der Waals surface area contributed by atoms with E-state index in [0.717, 1.165) is 12.3 Å². The molecule has 0 radical (unpaired) electrons. The molecule has 0 bridgehead atoms. The summed E-state index contributed by atoms with van der Waals surface area (Å²) in [6, 6.07) is 2.37. The molecule has 2 aromatic rings. The molecule has 0 atom stereocenters. The summed E-state index contributed by atoms with van der Waals surface area (Å²) in [5.74, 6) is 0.164. The highest BCUT2D eigenvalue weighted by molar-refractivity contribution is 7.98. The summed E-state index contributed by atoms with van der Waals surface area (Å²) in [7, 11) is 0. The van der Waals surface area contributed by atoms with Gasteiger partial charge in [0.1, 0.15) is 5.82 Å². The van der Waals surface area contributed by atoms with E-state index < -0.39 is 11.7 Å². The van der Waals surface area contributed by atoms with Crippen molar-refractivity contribution in [1.82, 2.24) is 19.9 Å². The van der Waals surface area contributed by atoms with E-state index in [1.54, 1.807) is 11.2 Å². The first-order valence-electron chi connectivity index (χ1n) is 8.43. The standard InChI is InChI=1S/C17H17ClF3N5OS/c1-28-16-23-10-12(18)14(24-16)15(27)26-6-2-5-25(7-8-26)13-4-3-11(9-22-13)17(19,20)21/h3-4,9-10H,2,5-8H2,1H3. The Morgan fingerprint density at radius 2 is 1.93 bits per heavy atom. The van der Waals surface area contributed by atoms with Crippen LogP contribution in [-0.2, 0) is 6.18 Å². The SMILES string of the molecule is CSc1ncc(Cl)c(C(=O)N2CCCN(c3ccc(C(F)(F)F)cn3)CC2)n1. The molecule has 150 valence electrons. The van der Waals surface area contributed by atoms with Crippen LogP contribution in [0.5, 0.6) is 0 Å². The summed E-state index contributed by atoms with van der Waals surface area (Å²) in [6.07, 6.45) is 0.266. The van der Waals surface area contributed by atoms with Crippen molar-refractivity contribution in [1.29, 1.82) is 0 Å². The van der Waals surface area contributed by atoms with E-state index in [2.05, 4.69) is 15.0 Å². The van der Waals surface area contributed by atoms with Gasteiger partial charge in [0.2, 0.25) is 0 Å². The molecular formula is C17H17ClF3N5OS. The highest BCUT2D eigenvalue weighted by atomic mass is 35.5. The predicted molar refractivity (Wildman–Crippen MR) is 101 cm³/mol. The van der Waals surface area contributed by atoms with Crippen LogP contribution in [0.15, 0.2) is 29.7 Å². The zero-order valence-corrected chi connectivity index (χ0v) is 16.5. The lowest BCUT2D eigenvalue weighted by Crippen LogP contribution is -2.36. The van der Waals surface area contributed by atoms with Crippen molar-refractivity contribution >= 4 is 35.1 Å². The number of pyridine rings is 1. The van der Waals surface area contributed by atoms with Gasteiger partial charge in [-0.3, -0.25) is 4.79 Å². The summed E-state index contributed by atoms with van der Waals surface area (Å²) in [6.45, 7) is 1.90. The van der Waals surface area contributed by atoms with Crippen molar-refractivity contribution in [2.45, 2.75) is 17.8 Å². The van der Waals surface area contributed by atoms with Crippen LogP contribution in [-0.4, -0.2) is 58.2 Å². The van der Waals surface area contributed by atoms with Gasteiger partial charge in [-0.1, -0.05) is 23.4 Å². The van der Waals surface area contributed by atoms with E-state index in [-0.39, 0.29) is 16.6 Å². The highest BCUT2D eigenvalue weighted by Crippen LogP contribution is 2.29. The van der Waals surface area contributed by atoms with Gasteiger partial charge in [0, 0.05) is 32.4 Å². The number of carbonyl (C=O) groups excluding carboxylic acids is 1. The molecule has 2 aromatic heterocycles. The van der Waals surface area contributed by atoms with Crippen molar-refractivity contribution in [2.24, 2.45) is 0 Å². The molecule has 0 saturated carbocycles. The maximum atomic E-state index is 12.8. The molecule has 1 saturated heterocycles. The van der Waals surface area contributed by atoms with E-state index in [1.165, 1.54) is 24.0 Å². The summed E-state index contributed by atoms with van der Waals surface area (Å²) < 4.78 is 38.1. The number of nitrogens with zero attached hydrogens (tertiary/aromatic N) is 5. The molecule has 1 aliphatic rings. The van der Waals surface area contributed by atoms with Gasteiger partial charge in [-0.2, -0.15) is 13.2 Å². The van der Waals surface area contributed by atoms with Gasteiger partial charge in [0.05, 0.1) is 16.8 Å². The van der Waals surface area contributed by atoms with Crippen LogP contribution in [0.25, 0.3) is 0 Å². The number of halogens is 4. The van der Waals surface area contributed by atoms with E-state index in [0.29, 0.717) is 43.6 Å². The fourth-order valence-electron chi connectivity index (χ4n) is 2.84. The minimum Gasteiger partial charge on any atom is -0.355 e. The number of thioether (sulfide) groups is 1. The number of amides is 1. The number of hydrogen-bond acceptors (Lipinski definition) is 6. The van der Waals surface area contributed by atoms with E-state index in [1.807, 2.05) is 4.90 Å². The molecule has 1 aliphatic heterocycles. The van der Waals surface area contributed by atoms with Crippen LogP contribution < -0.4 is 4.90 Å². The first-order valence-corrected chi connectivity index (χ1v) is 10.0. The molecule has 3 rings (SSSR count). The number of hydrogen-bond donors (Lipinski definition) is 0. The van der Waals surface area contributed by atoms with Crippen LogP contribution in [0.1, 0.15) is 22.5 Å². The lowest BCUT2D eigenvalue weighted by molar-refractivity contribution is -0.137. The largest absolute Gasteiger partial charge is 0.417 e. The second-order valence-electron chi connectivity index (χ2n) is 6.09. The molecule has 0 spiro atoms. The van der Waals surface area contributed by atoms with Gasteiger partial charge < -0.3 is 9.80 Å². The van der Waals surface area contributed by atoms with Gasteiger partial charge in [-0.25, -0.2) is 15.0 Å². The number of carbonyl (C=O) groups is 1. The predicted octanol–water partition coefficient (Wildman–Crippen LogP) is 3.62. The molecule has 6 nitrogen and oxygen atoms in total. The fourth-order valence-corrected chi connectivity index (χ4v) is 3.35. The molecule has 0 N–H and O–H groups in total. The van der Waals surface area contributed by atoms with Crippen LogP contribution in [0.4, 0.5) is 19.0 Å². The van der Waals surface area contributed by atoms with Crippen LogP contribution >= 0.6 is 23.4 Å². The third kappa shape index (κ3) is 4.67. The number of anilines is 1. The maximum Gasteiger partial charge on any atom is 0.417 e. The van der Waals surface area contributed by atoms with Crippen molar-refractivity contribution < 1.29 is 18.0 Å². The van der Waals surface area contributed by atoms with Gasteiger partial charge in [0.15, 0.2) is 10.9 Å². The fraction of sp³-hybridized carbons (Fsp3) is 0.412. The molecule has 28 heavy (non-hydrogen) atoms. The summed E-state index contributed by atoms with van der Waals surface area (Å²) >= 11 is 7.40. The normalized spacial score (nSPS) is 15.5. The van der Waals surface area contributed by atoms with E-state index in [4.69, 9.17) is 11.6 Å². The Hall–Kier alpha value is -2.07. The summed E-state index contributed by atoms with van der Waals surface area (Å²) in [5, 5.41) is 0.645. The molecule has 0 unspecified atom stereocenters. The summed E-state index contributed by atoms with van der Waals surface area (Å²) in [4.78, 5) is 28.5. The lowest BCUT2D eigenvalue weighted by atomic mass is 10.2. The number of aromatic nitrogens is 3. The Morgan fingerprint density at radius 3 is 2.57 bits per heavy atom. The first kappa shape index (κ1) is 20.7. The highest BCUT2D eigenvalue weighted by Gasteiger charge is 2.31. The van der Waals surface area contributed by atoms with Crippen LogP contribution in [0.3, 0.4) is 0 Å². The molecule has 3 heterocycles. The van der Waals surface area contributed by atoms with Gasteiger partial charge in [-0.05, 0) is 24.8 Å². The average molecular weight is 432 g/mol. The van der Waals surface area contributed by atoms with Gasteiger partial charge in [-0.15, -0.1) is 0 Å². The number of alkyl halides is 3. The lowest BCUT2D eigenvalue weighted by Gasteiger charge is -2.23. The van der Waals surface area contributed by atoms with Gasteiger partial charge >= 0.3 is 6.18 Å². The van der Waals surface area contributed by atoms with E-state index >= 15 is 0 Å².